The highest BCUT2D eigenvalue weighted by Crippen LogP contribution is 2.31. The van der Waals surface area contributed by atoms with Crippen molar-refractivity contribution < 1.29 is 9.52 Å². The highest BCUT2D eigenvalue weighted by molar-refractivity contribution is 7.98. The smallest absolute Gasteiger partial charge is 0.336 e. The summed E-state index contributed by atoms with van der Waals surface area (Å²) in [5, 5.41) is 11.6. The van der Waals surface area contributed by atoms with E-state index in [0.717, 1.165) is 21.8 Å². The van der Waals surface area contributed by atoms with Gasteiger partial charge in [-0.3, -0.25) is 4.57 Å². The van der Waals surface area contributed by atoms with Gasteiger partial charge >= 0.3 is 5.63 Å². The average molecular weight is 392 g/mol. The van der Waals surface area contributed by atoms with Gasteiger partial charge in [-0.25, -0.2) is 9.78 Å². The summed E-state index contributed by atoms with van der Waals surface area (Å²) in [4.78, 5) is 16.5. The molecule has 6 heteroatoms. The molecule has 2 heterocycles. The second kappa shape index (κ2) is 7.20. The maximum Gasteiger partial charge on any atom is 0.336 e. The average Bonchev–Trinajstić information content (AvgIpc) is 3.11. The van der Waals surface area contributed by atoms with Crippen LogP contribution < -0.4 is 5.63 Å². The lowest BCUT2D eigenvalue weighted by molar-refractivity contribution is 0.468. The molecule has 0 aliphatic rings. The lowest BCUT2D eigenvalue weighted by Crippen LogP contribution is -2.02. The number of imidazole rings is 1. The van der Waals surface area contributed by atoms with Gasteiger partial charge in [0.1, 0.15) is 11.3 Å². The zero-order valence-electron chi connectivity index (χ0n) is 15.9. The van der Waals surface area contributed by atoms with Gasteiger partial charge in [-0.1, -0.05) is 29.5 Å². The van der Waals surface area contributed by atoms with Crippen LogP contribution in [0.3, 0.4) is 0 Å². The summed E-state index contributed by atoms with van der Waals surface area (Å²) in [6.07, 6.45) is 3.72. The van der Waals surface area contributed by atoms with E-state index in [-0.39, 0.29) is 5.75 Å². The highest BCUT2D eigenvalue weighted by atomic mass is 32.2. The summed E-state index contributed by atoms with van der Waals surface area (Å²) in [7, 11) is 0. The second-order valence-electron chi connectivity index (χ2n) is 6.84. The third kappa shape index (κ3) is 3.31. The van der Waals surface area contributed by atoms with Crippen LogP contribution >= 0.6 is 11.8 Å². The number of hydrogen-bond donors (Lipinski definition) is 1. The molecule has 0 spiro atoms. The molecule has 2 aromatic heterocycles. The first-order chi connectivity index (χ1) is 13.4. The van der Waals surface area contributed by atoms with E-state index in [9.17, 15) is 9.90 Å². The molecule has 2 aromatic carbocycles. The molecule has 142 valence electrons. The molecule has 0 fully saturated rings. The van der Waals surface area contributed by atoms with E-state index in [4.69, 9.17) is 4.42 Å². The molecule has 0 atom stereocenters. The molecule has 4 aromatic rings. The van der Waals surface area contributed by atoms with Crippen molar-refractivity contribution in [1.29, 1.82) is 0 Å². The van der Waals surface area contributed by atoms with Gasteiger partial charge in [0, 0.05) is 35.2 Å². The maximum atomic E-state index is 12.0. The van der Waals surface area contributed by atoms with Gasteiger partial charge in [0.2, 0.25) is 0 Å². The highest BCUT2D eigenvalue weighted by Gasteiger charge is 2.13. The molecule has 0 radical (unpaired) electrons. The Bertz CT molecular complexity index is 1240. The third-order valence-electron chi connectivity index (χ3n) is 4.79. The lowest BCUT2D eigenvalue weighted by atomic mass is 10.1. The van der Waals surface area contributed by atoms with Gasteiger partial charge in [0.15, 0.2) is 5.16 Å². The number of aryl methyl sites for hydroxylation is 3. The Labute approximate surface area is 166 Å². The molecule has 0 unspecified atom stereocenters. The van der Waals surface area contributed by atoms with Crippen LogP contribution in [0.4, 0.5) is 0 Å². The van der Waals surface area contributed by atoms with E-state index in [0.29, 0.717) is 16.9 Å². The van der Waals surface area contributed by atoms with Crippen molar-refractivity contribution in [3.8, 4) is 11.4 Å². The Kier molecular flexibility index (Phi) is 4.73. The van der Waals surface area contributed by atoms with Crippen molar-refractivity contribution in [2.24, 2.45) is 0 Å². The molecular weight excluding hydrogens is 372 g/mol. The molecule has 4 rings (SSSR count). The van der Waals surface area contributed by atoms with Gasteiger partial charge in [-0.05, 0) is 50.1 Å². The largest absolute Gasteiger partial charge is 0.508 e. The van der Waals surface area contributed by atoms with Crippen molar-refractivity contribution >= 4 is 22.7 Å². The van der Waals surface area contributed by atoms with Crippen LogP contribution in [0.5, 0.6) is 5.75 Å². The number of nitrogens with zero attached hydrogens (tertiary/aromatic N) is 2. The molecule has 0 saturated carbocycles. The topological polar surface area (TPSA) is 68.3 Å². The van der Waals surface area contributed by atoms with E-state index >= 15 is 0 Å². The summed E-state index contributed by atoms with van der Waals surface area (Å²) < 4.78 is 7.38. The first-order valence-electron chi connectivity index (χ1n) is 8.93. The van der Waals surface area contributed by atoms with Gasteiger partial charge in [-0.2, -0.15) is 0 Å². The number of aromatic hydroxyl groups is 1. The second-order valence-corrected chi connectivity index (χ2v) is 7.78. The number of rotatable bonds is 4. The van der Waals surface area contributed by atoms with Crippen LogP contribution in [0.1, 0.15) is 22.3 Å². The number of phenols is 1. The summed E-state index contributed by atoms with van der Waals surface area (Å²) in [5.41, 5.74) is 4.92. The molecule has 0 saturated heterocycles. The van der Waals surface area contributed by atoms with Crippen LogP contribution in [0.15, 0.2) is 63.2 Å². The molecule has 5 nitrogen and oxygen atoms in total. The monoisotopic (exact) mass is 392 g/mol. The van der Waals surface area contributed by atoms with Crippen LogP contribution in [-0.4, -0.2) is 14.7 Å². The van der Waals surface area contributed by atoms with Crippen LogP contribution in [0.25, 0.3) is 16.7 Å². The number of benzene rings is 2. The molecule has 0 aliphatic heterocycles. The van der Waals surface area contributed by atoms with Crippen molar-refractivity contribution in [2.45, 2.75) is 31.7 Å². The Morgan fingerprint density at radius 3 is 2.75 bits per heavy atom. The fourth-order valence-corrected chi connectivity index (χ4v) is 4.29. The van der Waals surface area contributed by atoms with Crippen molar-refractivity contribution in [2.75, 3.05) is 0 Å². The molecule has 0 amide bonds. The van der Waals surface area contributed by atoms with E-state index in [1.165, 1.54) is 17.2 Å². The first-order valence-corrected chi connectivity index (χ1v) is 9.91. The lowest BCUT2D eigenvalue weighted by Gasteiger charge is -2.12. The quantitative estimate of drug-likeness (QED) is 0.395. The minimum Gasteiger partial charge on any atom is -0.508 e. The van der Waals surface area contributed by atoms with E-state index in [1.807, 2.05) is 6.20 Å². The van der Waals surface area contributed by atoms with Gasteiger partial charge in [-0.15, -0.1) is 0 Å². The third-order valence-corrected chi connectivity index (χ3v) is 5.81. The minimum atomic E-state index is -0.422. The van der Waals surface area contributed by atoms with E-state index < -0.39 is 5.63 Å². The number of thioether (sulfide) groups is 1. The number of phenolic OH excluding ortho intramolecular Hbond substituents is 1. The summed E-state index contributed by atoms with van der Waals surface area (Å²) in [5.74, 6) is 0.680. The first kappa shape index (κ1) is 18.4. The van der Waals surface area contributed by atoms with Crippen molar-refractivity contribution in [3.63, 3.8) is 0 Å². The SMILES string of the molecule is Cc1ccc(-n2ccnc2SCc2cc(=O)oc3c(C)c(O)ccc23)c(C)c1. The predicted octanol–water partition coefficient (Wildman–Crippen LogP) is 4.90. The van der Waals surface area contributed by atoms with E-state index in [1.54, 1.807) is 37.0 Å². The zero-order chi connectivity index (χ0) is 19.8. The Morgan fingerprint density at radius 2 is 1.96 bits per heavy atom. The zero-order valence-corrected chi connectivity index (χ0v) is 16.7. The molecule has 28 heavy (non-hydrogen) atoms. The Balaban J connectivity index is 1.69. The molecular formula is C22H20N2O3S. The maximum absolute atomic E-state index is 12.0. The van der Waals surface area contributed by atoms with Crippen LogP contribution in [0, 0.1) is 20.8 Å². The van der Waals surface area contributed by atoms with Gasteiger partial charge in [0.05, 0.1) is 5.69 Å². The summed E-state index contributed by atoms with van der Waals surface area (Å²) >= 11 is 1.56. The Morgan fingerprint density at radius 1 is 1.14 bits per heavy atom. The van der Waals surface area contributed by atoms with Crippen LogP contribution in [-0.2, 0) is 5.75 Å². The van der Waals surface area contributed by atoms with Gasteiger partial charge < -0.3 is 9.52 Å². The molecule has 0 bridgehead atoms. The fourth-order valence-electron chi connectivity index (χ4n) is 3.33. The van der Waals surface area contributed by atoms with Gasteiger partial charge in [0.25, 0.3) is 0 Å². The van der Waals surface area contributed by atoms with Crippen molar-refractivity contribution in [3.05, 3.63) is 81.5 Å². The minimum absolute atomic E-state index is 0.117. The summed E-state index contributed by atoms with van der Waals surface area (Å²) in [6, 6.07) is 11.2. The predicted molar refractivity (Wildman–Crippen MR) is 111 cm³/mol. The number of aromatic nitrogens is 2. The molecule has 1 N–H and O–H groups in total. The number of fused-ring (bicyclic) bond motifs is 1. The fraction of sp³-hybridized carbons (Fsp3) is 0.182. The van der Waals surface area contributed by atoms with Crippen LogP contribution in [0.2, 0.25) is 0 Å². The van der Waals surface area contributed by atoms with Crippen molar-refractivity contribution in [1.82, 2.24) is 9.55 Å². The summed E-state index contributed by atoms with van der Waals surface area (Å²) in [6.45, 7) is 5.90. The normalized spacial score (nSPS) is 11.2. The standard InChI is InChI=1S/C22H20N2O3S/c1-13-4-6-18(14(2)10-13)24-9-8-23-22(24)28-12-16-11-20(26)27-21-15(3)19(25)7-5-17(16)21/h4-11,25H,12H2,1-3H3. The van der Waals surface area contributed by atoms with E-state index in [2.05, 4.69) is 41.6 Å². The number of hydrogen-bond acceptors (Lipinski definition) is 5. The Hall–Kier alpha value is -2.99. The molecule has 0 aliphatic carbocycles.